The molecule has 7 nitrogen and oxygen atoms in total. The molecule has 0 aliphatic rings. The van der Waals surface area contributed by atoms with Crippen LogP contribution in [0.25, 0.3) is 0 Å². The standard InChI is InChI=1S/C32H31F2N3O4S/c1-2-35-32(39)30(21-24-13-5-3-6-14-24)36(22-25-15-9-10-18-27(25)33)31(38)23-37(29-20-12-11-19-28(29)34)42(40,41)26-16-7-4-8-17-26/h3-20,30H,2,21-23H2,1H3,(H,35,39)/t30-/m1/s1. The third kappa shape index (κ3) is 7.19. The Hall–Kier alpha value is -4.57. The zero-order valence-corrected chi connectivity index (χ0v) is 23.8. The van der Waals surface area contributed by atoms with Crippen molar-refractivity contribution >= 4 is 27.5 Å². The summed E-state index contributed by atoms with van der Waals surface area (Å²) < 4.78 is 58.2. The largest absolute Gasteiger partial charge is 0.355 e. The number of benzene rings is 4. The van der Waals surface area contributed by atoms with Gasteiger partial charge in [-0.1, -0.05) is 78.9 Å². The van der Waals surface area contributed by atoms with Crippen LogP contribution in [0.2, 0.25) is 0 Å². The lowest BCUT2D eigenvalue weighted by atomic mass is 10.0. The van der Waals surface area contributed by atoms with E-state index in [1.54, 1.807) is 43.3 Å². The maximum atomic E-state index is 15.1. The van der Waals surface area contributed by atoms with Gasteiger partial charge in [0, 0.05) is 25.1 Å². The van der Waals surface area contributed by atoms with Crippen molar-refractivity contribution < 1.29 is 26.8 Å². The highest BCUT2D eigenvalue weighted by atomic mass is 32.2. The summed E-state index contributed by atoms with van der Waals surface area (Å²) in [6.45, 7) is 0.844. The third-order valence-corrected chi connectivity index (χ3v) is 8.43. The zero-order valence-electron chi connectivity index (χ0n) is 23.0. The predicted molar refractivity (Wildman–Crippen MR) is 157 cm³/mol. The second-order valence-corrected chi connectivity index (χ2v) is 11.4. The third-order valence-electron chi connectivity index (χ3n) is 6.65. The van der Waals surface area contributed by atoms with Crippen LogP contribution >= 0.6 is 0 Å². The first-order chi connectivity index (χ1) is 20.2. The van der Waals surface area contributed by atoms with Gasteiger partial charge in [0.05, 0.1) is 10.6 Å². The van der Waals surface area contributed by atoms with Crippen molar-refractivity contribution in [3.8, 4) is 0 Å². The van der Waals surface area contributed by atoms with Crippen molar-refractivity contribution in [3.05, 3.63) is 132 Å². The van der Waals surface area contributed by atoms with Crippen LogP contribution in [0.3, 0.4) is 0 Å². The van der Waals surface area contributed by atoms with Gasteiger partial charge in [-0.3, -0.25) is 13.9 Å². The highest BCUT2D eigenvalue weighted by Crippen LogP contribution is 2.27. The summed E-state index contributed by atoms with van der Waals surface area (Å²) in [6, 6.07) is 26.3. The lowest BCUT2D eigenvalue weighted by Crippen LogP contribution is -2.53. The molecule has 10 heteroatoms. The van der Waals surface area contributed by atoms with Crippen LogP contribution in [0.1, 0.15) is 18.1 Å². The molecule has 218 valence electrons. The van der Waals surface area contributed by atoms with Crippen LogP contribution in [0.15, 0.2) is 114 Å². The summed E-state index contributed by atoms with van der Waals surface area (Å²) in [5.74, 6) is -2.75. The number of nitrogens with zero attached hydrogens (tertiary/aromatic N) is 2. The molecule has 0 unspecified atom stereocenters. The quantitative estimate of drug-likeness (QED) is 0.253. The van der Waals surface area contributed by atoms with Gasteiger partial charge in [-0.05, 0) is 42.8 Å². The average Bonchev–Trinajstić information content (AvgIpc) is 3.00. The van der Waals surface area contributed by atoms with E-state index >= 15 is 4.39 Å². The van der Waals surface area contributed by atoms with Crippen molar-refractivity contribution in [2.24, 2.45) is 0 Å². The van der Waals surface area contributed by atoms with Crippen molar-refractivity contribution in [2.45, 2.75) is 30.8 Å². The minimum Gasteiger partial charge on any atom is -0.355 e. The number of anilines is 1. The van der Waals surface area contributed by atoms with Gasteiger partial charge in [-0.2, -0.15) is 0 Å². The number of nitrogens with one attached hydrogen (secondary N) is 1. The van der Waals surface area contributed by atoms with Gasteiger partial charge in [0.15, 0.2) is 0 Å². The molecule has 4 rings (SSSR count). The Balaban J connectivity index is 1.81. The molecule has 0 aromatic heterocycles. The first kappa shape index (κ1) is 30.4. The Morgan fingerprint density at radius 3 is 1.98 bits per heavy atom. The molecule has 0 saturated carbocycles. The fourth-order valence-electron chi connectivity index (χ4n) is 4.54. The fourth-order valence-corrected chi connectivity index (χ4v) is 5.99. The van der Waals surface area contributed by atoms with Crippen molar-refractivity contribution in [2.75, 3.05) is 17.4 Å². The maximum absolute atomic E-state index is 15.1. The van der Waals surface area contributed by atoms with Crippen LogP contribution in [0.5, 0.6) is 0 Å². The Kier molecular flexibility index (Phi) is 10.0. The van der Waals surface area contributed by atoms with Crippen molar-refractivity contribution in [1.82, 2.24) is 10.2 Å². The van der Waals surface area contributed by atoms with Crippen LogP contribution in [0.4, 0.5) is 14.5 Å². The lowest BCUT2D eigenvalue weighted by molar-refractivity contribution is -0.140. The van der Waals surface area contributed by atoms with Gasteiger partial charge < -0.3 is 10.2 Å². The Bertz CT molecular complexity index is 1620. The van der Waals surface area contributed by atoms with E-state index in [1.165, 1.54) is 60.7 Å². The molecule has 1 N–H and O–H groups in total. The number of carbonyl (C=O) groups is 2. The van der Waals surface area contributed by atoms with Gasteiger partial charge in [0.25, 0.3) is 10.0 Å². The molecular weight excluding hydrogens is 560 g/mol. The molecule has 4 aromatic carbocycles. The summed E-state index contributed by atoms with van der Waals surface area (Å²) in [6.07, 6.45) is 0.0813. The molecule has 0 radical (unpaired) electrons. The van der Waals surface area contributed by atoms with E-state index in [2.05, 4.69) is 5.32 Å². The van der Waals surface area contributed by atoms with E-state index in [-0.39, 0.29) is 35.7 Å². The van der Waals surface area contributed by atoms with Crippen LogP contribution in [0, 0.1) is 11.6 Å². The molecule has 0 saturated heterocycles. The molecule has 0 aliphatic carbocycles. The van der Waals surface area contributed by atoms with E-state index in [0.29, 0.717) is 4.31 Å². The number of hydrogen-bond donors (Lipinski definition) is 1. The Morgan fingerprint density at radius 1 is 0.786 bits per heavy atom. The minimum atomic E-state index is -4.43. The number of para-hydroxylation sites is 1. The molecular formula is C32H31F2N3O4S. The van der Waals surface area contributed by atoms with Gasteiger partial charge in [-0.15, -0.1) is 0 Å². The van der Waals surface area contributed by atoms with E-state index in [0.717, 1.165) is 16.5 Å². The second-order valence-electron chi connectivity index (χ2n) is 9.49. The van der Waals surface area contributed by atoms with Gasteiger partial charge >= 0.3 is 0 Å². The lowest BCUT2D eigenvalue weighted by Gasteiger charge is -2.34. The number of hydrogen-bond acceptors (Lipinski definition) is 4. The molecule has 0 heterocycles. The normalized spacial score (nSPS) is 11.9. The number of sulfonamides is 1. The monoisotopic (exact) mass is 591 g/mol. The van der Waals surface area contributed by atoms with E-state index in [1.807, 2.05) is 6.07 Å². The predicted octanol–water partition coefficient (Wildman–Crippen LogP) is 4.94. The van der Waals surface area contributed by atoms with E-state index in [4.69, 9.17) is 0 Å². The van der Waals surface area contributed by atoms with E-state index < -0.39 is 46.1 Å². The number of likely N-dealkylation sites (N-methyl/N-ethyl adjacent to an activating group) is 1. The average molecular weight is 592 g/mol. The summed E-state index contributed by atoms with van der Waals surface area (Å²) in [5, 5.41) is 2.73. The van der Waals surface area contributed by atoms with Crippen molar-refractivity contribution in [3.63, 3.8) is 0 Å². The van der Waals surface area contributed by atoms with E-state index in [9.17, 15) is 22.4 Å². The summed E-state index contributed by atoms with van der Waals surface area (Å²) >= 11 is 0. The van der Waals surface area contributed by atoms with Crippen LogP contribution in [-0.4, -0.2) is 44.3 Å². The minimum absolute atomic E-state index is 0.0813. The van der Waals surface area contributed by atoms with Crippen molar-refractivity contribution in [1.29, 1.82) is 0 Å². The topological polar surface area (TPSA) is 86.8 Å². The number of carbonyl (C=O) groups excluding carboxylic acids is 2. The first-order valence-electron chi connectivity index (χ1n) is 13.4. The van der Waals surface area contributed by atoms with Gasteiger partial charge in [0.1, 0.15) is 24.2 Å². The second kappa shape index (κ2) is 13.9. The summed E-state index contributed by atoms with van der Waals surface area (Å²) in [7, 11) is -4.43. The summed E-state index contributed by atoms with van der Waals surface area (Å²) in [4.78, 5) is 28.6. The van der Waals surface area contributed by atoms with Crippen LogP contribution in [-0.2, 0) is 32.6 Å². The van der Waals surface area contributed by atoms with Crippen LogP contribution < -0.4 is 9.62 Å². The summed E-state index contributed by atoms with van der Waals surface area (Å²) in [5.41, 5.74) is 0.540. The van der Waals surface area contributed by atoms with Gasteiger partial charge in [0.2, 0.25) is 11.8 Å². The Labute approximate surface area is 244 Å². The molecule has 2 amide bonds. The molecule has 0 fully saturated rings. The molecule has 0 aliphatic heterocycles. The molecule has 42 heavy (non-hydrogen) atoms. The molecule has 0 bridgehead atoms. The number of rotatable bonds is 12. The number of halogens is 2. The smallest absolute Gasteiger partial charge is 0.264 e. The number of amides is 2. The molecule has 0 spiro atoms. The SMILES string of the molecule is CCNC(=O)[C@@H](Cc1ccccc1)N(Cc1ccccc1F)C(=O)CN(c1ccccc1F)S(=O)(=O)c1ccccc1. The first-order valence-corrected chi connectivity index (χ1v) is 14.8. The molecule has 4 aromatic rings. The zero-order chi connectivity index (χ0) is 30.1. The molecule has 1 atom stereocenters. The van der Waals surface area contributed by atoms with Gasteiger partial charge in [-0.25, -0.2) is 17.2 Å². The fraction of sp³-hybridized carbons (Fsp3) is 0.188. The maximum Gasteiger partial charge on any atom is 0.264 e. The highest BCUT2D eigenvalue weighted by molar-refractivity contribution is 7.92. The highest BCUT2D eigenvalue weighted by Gasteiger charge is 2.35. The Morgan fingerprint density at radius 2 is 1.36 bits per heavy atom.